The molecule has 10 rings (SSSR count). The van der Waals surface area contributed by atoms with Gasteiger partial charge in [0.25, 0.3) is 0 Å². The summed E-state index contributed by atoms with van der Waals surface area (Å²) in [7, 11) is 0. The topological polar surface area (TPSA) is 25.8 Å². The number of benzene rings is 7. The molecule has 0 saturated heterocycles. The van der Waals surface area contributed by atoms with Gasteiger partial charge in [0, 0.05) is 16.7 Å². The van der Waals surface area contributed by atoms with Crippen LogP contribution in [0.25, 0.3) is 66.9 Å². The van der Waals surface area contributed by atoms with Crippen molar-refractivity contribution < 1.29 is 0 Å². The van der Waals surface area contributed by atoms with Crippen LogP contribution in [0.4, 0.5) is 0 Å². The van der Waals surface area contributed by atoms with Crippen LogP contribution >= 0.6 is 0 Å². The molecule has 0 aliphatic heterocycles. The van der Waals surface area contributed by atoms with Gasteiger partial charge in [-0.25, -0.2) is 9.97 Å². The van der Waals surface area contributed by atoms with Crippen molar-refractivity contribution in [3.05, 3.63) is 192 Å². The largest absolute Gasteiger partial charge is 0.228 e. The van der Waals surface area contributed by atoms with E-state index in [0.29, 0.717) is 0 Å². The molecule has 2 aliphatic rings. The van der Waals surface area contributed by atoms with E-state index in [1.807, 2.05) is 24.3 Å². The van der Waals surface area contributed by atoms with Crippen LogP contribution in [0, 0.1) is 0 Å². The van der Waals surface area contributed by atoms with E-state index < -0.39 is 5.41 Å². The highest BCUT2D eigenvalue weighted by atomic mass is 14.9. The minimum Gasteiger partial charge on any atom is -0.228 e. The first-order valence-electron chi connectivity index (χ1n) is 16.2. The second-order valence-electron chi connectivity index (χ2n) is 12.5. The number of aromatic nitrogens is 2. The Hall–Kier alpha value is -6.12. The Balaban J connectivity index is 1.31. The van der Waals surface area contributed by atoms with Crippen molar-refractivity contribution in [2.24, 2.45) is 0 Å². The smallest absolute Gasteiger partial charge is 0.160 e. The maximum Gasteiger partial charge on any atom is 0.160 e. The highest BCUT2D eigenvalue weighted by molar-refractivity contribution is 6.11. The molecule has 0 fully saturated rings. The standard InChI is InChI=1S/C45H28N2/c1-3-14-29(15-4-1)41-28-42(47-44(46-41)30-16-5-2-6-17-30)34-26-27-36-33-20-9-12-24-39(33)45(40-25-13-21-35(34)43(36)40)37-22-10-7-18-31(37)32-19-8-11-23-38(32)45/h1-28H. The monoisotopic (exact) mass is 596 g/mol. The van der Waals surface area contributed by atoms with Crippen LogP contribution in [0.5, 0.6) is 0 Å². The molecule has 1 heterocycles. The molecule has 218 valence electrons. The summed E-state index contributed by atoms with van der Waals surface area (Å²) in [5, 5.41) is 2.49. The summed E-state index contributed by atoms with van der Waals surface area (Å²) in [4.78, 5) is 10.3. The lowest BCUT2D eigenvalue weighted by atomic mass is 9.61. The summed E-state index contributed by atoms with van der Waals surface area (Å²) in [6, 6.07) is 61.3. The van der Waals surface area contributed by atoms with Gasteiger partial charge in [0.2, 0.25) is 0 Å². The number of hydrogen-bond donors (Lipinski definition) is 0. The molecule has 0 bridgehead atoms. The third-order valence-corrected chi connectivity index (χ3v) is 10.1. The first kappa shape index (κ1) is 26.1. The Morgan fingerprint density at radius 2 is 0.830 bits per heavy atom. The van der Waals surface area contributed by atoms with Gasteiger partial charge >= 0.3 is 0 Å². The van der Waals surface area contributed by atoms with Crippen LogP contribution in [0.15, 0.2) is 170 Å². The van der Waals surface area contributed by atoms with Gasteiger partial charge in [0.15, 0.2) is 5.82 Å². The molecular weight excluding hydrogens is 569 g/mol. The third-order valence-electron chi connectivity index (χ3n) is 10.1. The van der Waals surface area contributed by atoms with Gasteiger partial charge in [0.05, 0.1) is 16.8 Å². The number of nitrogens with zero attached hydrogens (tertiary/aromatic N) is 2. The summed E-state index contributed by atoms with van der Waals surface area (Å²) in [6.07, 6.45) is 0. The van der Waals surface area contributed by atoms with Gasteiger partial charge in [-0.3, -0.25) is 0 Å². The zero-order chi connectivity index (χ0) is 31.0. The van der Waals surface area contributed by atoms with E-state index in [1.54, 1.807) is 0 Å². The molecule has 2 aliphatic carbocycles. The third kappa shape index (κ3) is 3.61. The van der Waals surface area contributed by atoms with Gasteiger partial charge in [-0.15, -0.1) is 0 Å². The Bertz CT molecular complexity index is 2410. The van der Waals surface area contributed by atoms with Gasteiger partial charge in [-0.2, -0.15) is 0 Å². The average molecular weight is 597 g/mol. The summed E-state index contributed by atoms with van der Waals surface area (Å²) in [5.41, 5.74) is 15.1. The van der Waals surface area contributed by atoms with Gasteiger partial charge in [-0.1, -0.05) is 164 Å². The highest BCUT2D eigenvalue weighted by Gasteiger charge is 2.49. The molecule has 0 saturated carbocycles. The molecule has 1 spiro atoms. The van der Waals surface area contributed by atoms with Crippen molar-refractivity contribution in [1.82, 2.24) is 9.97 Å². The van der Waals surface area contributed by atoms with Crippen molar-refractivity contribution in [2.75, 3.05) is 0 Å². The van der Waals surface area contributed by atoms with Crippen LogP contribution in [-0.2, 0) is 5.41 Å². The lowest BCUT2D eigenvalue weighted by molar-refractivity contribution is 0.773. The van der Waals surface area contributed by atoms with Gasteiger partial charge in [0.1, 0.15) is 0 Å². The Labute approximate surface area is 273 Å². The fraction of sp³-hybridized carbons (Fsp3) is 0.0222. The van der Waals surface area contributed by atoms with Crippen molar-refractivity contribution in [3.8, 4) is 56.2 Å². The predicted molar refractivity (Wildman–Crippen MR) is 192 cm³/mol. The maximum atomic E-state index is 5.25. The molecule has 0 unspecified atom stereocenters. The lowest BCUT2D eigenvalue weighted by Gasteiger charge is -2.40. The summed E-state index contributed by atoms with van der Waals surface area (Å²) in [5.74, 6) is 0.725. The first-order chi connectivity index (χ1) is 23.3. The van der Waals surface area contributed by atoms with Crippen LogP contribution in [0.1, 0.15) is 22.3 Å². The zero-order valence-corrected chi connectivity index (χ0v) is 25.6. The Kier molecular flexibility index (Phi) is 5.53. The summed E-state index contributed by atoms with van der Waals surface area (Å²) in [6.45, 7) is 0. The highest BCUT2D eigenvalue weighted by Crippen LogP contribution is 2.62. The molecule has 8 aromatic rings. The quantitative estimate of drug-likeness (QED) is 0.203. The van der Waals surface area contributed by atoms with Crippen LogP contribution in [0.2, 0.25) is 0 Å². The fourth-order valence-electron chi connectivity index (χ4n) is 8.23. The minimum absolute atomic E-state index is 0.426. The van der Waals surface area contributed by atoms with Crippen molar-refractivity contribution in [1.29, 1.82) is 0 Å². The van der Waals surface area contributed by atoms with E-state index in [1.165, 1.54) is 55.3 Å². The SMILES string of the molecule is c1ccc(-c2cc(-c3ccc4c5c(cccc35)C3(c5ccccc5-c5ccccc53)c3ccccc3-4)nc(-c3ccccc3)n2)cc1. The molecule has 47 heavy (non-hydrogen) atoms. The lowest BCUT2D eigenvalue weighted by Crippen LogP contribution is -2.31. The summed E-state index contributed by atoms with van der Waals surface area (Å²) >= 11 is 0. The van der Waals surface area contributed by atoms with E-state index in [0.717, 1.165) is 33.9 Å². The Morgan fingerprint density at radius 3 is 1.47 bits per heavy atom. The average Bonchev–Trinajstić information content (AvgIpc) is 3.45. The van der Waals surface area contributed by atoms with E-state index >= 15 is 0 Å². The van der Waals surface area contributed by atoms with Crippen molar-refractivity contribution >= 4 is 10.8 Å². The van der Waals surface area contributed by atoms with E-state index in [9.17, 15) is 0 Å². The second-order valence-corrected chi connectivity index (χ2v) is 12.5. The molecule has 2 nitrogen and oxygen atoms in total. The molecule has 0 atom stereocenters. The van der Waals surface area contributed by atoms with Crippen LogP contribution < -0.4 is 0 Å². The van der Waals surface area contributed by atoms with Gasteiger partial charge in [-0.05, 0) is 61.3 Å². The van der Waals surface area contributed by atoms with Crippen LogP contribution in [-0.4, -0.2) is 9.97 Å². The molecule has 0 radical (unpaired) electrons. The molecule has 1 aromatic heterocycles. The summed E-state index contributed by atoms with van der Waals surface area (Å²) < 4.78 is 0. The van der Waals surface area contributed by atoms with Crippen molar-refractivity contribution in [3.63, 3.8) is 0 Å². The van der Waals surface area contributed by atoms with E-state index in [-0.39, 0.29) is 0 Å². The normalized spacial score (nSPS) is 13.3. The maximum absolute atomic E-state index is 5.25. The van der Waals surface area contributed by atoms with Gasteiger partial charge < -0.3 is 0 Å². The number of hydrogen-bond acceptors (Lipinski definition) is 2. The predicted octanol–water partition coefficient (Wildman–Crippen LogP) is 11.0. The van der Waals surface area contributed by atoms with Crippen molar-refractivity contribution in [2.45, 2.75) is 5.41 Å². The van der Waals surface area contributed by atoms with Crippen LogP contribution in [0.3, 0.4) is 0 Å². The molecule has 0 N–H and O–H groups in total. The van der Waals surface area contributed by atoms with E-state index in [4.69, 9.17) is 9.97 Å². The van der Waals surface area contributed by atoms with E-state index in [2.05, 4.69) is 146 Å². The molecular formula is C45H28N2. The number of fused-ring (bicyclic) bond motifs is 9. The molecule has 7 aromatic carbocycles. The second kappa shape index (κ2) is 9.94. The Morgan fingerprint density at radius 1 is 0.340 bits per heavy atom. The first-order valence-corrected chi connectivity index (χ1v) is 16.2. The molecule has 0 amide bonds. The zero-order valence-electron chi connectivity index (χ0n) is 25.6. The molecule has 2 heteroatoms. The minimum atomic E-state index is -0.426. The number of rotatable bonds is 3. The fourth-order valence-corrected chi connectivity index (χ4v) is 8.23.